The Morgan fingerprint density at radius 2 is 1.83 bits per heavy atom. The molecule has 3 nitrogen and oxygen atoms in total. The lowest BCUT2D eigenvalue weighted by Crippen LogP contribution is -2.03. The average Bonchev–Trinajstić information content (AvgIpc) is 2.38. The molecule has 1 N–H and O–H groups in total. The number of carboxylic acids is 1. The van der Waals surface area contributed by atoms with Gasteiger partial charge in [0.2, 0.25) is 0 Å². The first kappa shape index (κ1) is 12.1. The molecule has 0 saturated carbocycles. The van der Waals surface area contributed by atoms with Crippen molar-refractivity contribution >= 4 is 5.97 Å². The van der Waals surface area contributed by atoms with Gasteiger partial charge in [0.05, 0.1) is 7.11 Å². The van der Waals surface area contributed by atoms with Crippen molar-refractivity contribution in [2.24, 2.45) is 0 Å². The second-order valence-corrected chi connectivity index (χ2v) is 3.69. The minimum absolute atomic E-state index is 0.0756. The molecule has 4 heteroatoms. The number of carboxylic acid groups (broad SMARTS) is 1. The van der Waals surface area contributed by atoms with Crippen LogP contribution in [-0.2, 0) is 0 Å². The fourth-order valence-corrected chi connectivity index (χ4v) is 1.79. The van der Waals surface area contributed by atoms with Crippen LogP contribution in [-0.4, -0.2) is 18.2 Å². The van der Waals surface area contributed by atoms with Crippen LogP contribution in [0.25, 0.3) is 11.1 Å². The molecule has 0 amide bonds. The van der Waals surface area contributed by atoms with Gasteiger partial charge in [-0.25, -0.2) is 9.18 Å². The number of aromatic carboxylic acids is 1. The fraction of sp³-hybridized carbons (Fsp3) is 0.0714. The van der Waals surface area contributed by atoms with Crippen LogP contribution in [0.1, 0.15) is 10.4 Å². The molecule has 0 atom stereocenters. The number of carbonyl (C=O) groups is 1. The Labute approximate surface area is 103 Å². The van der Waals surface area contributed by atoms with E-state index >= 15 is 0 Å². The van der Waals surface area contributed by atoms with Crippen molar-refractivity contribution in [3.8, 4) is 16.9 Å². The van der Waals surface area contributed by atoms with Crippen LogP contribution in [0.3, 0.4) is 0 Å². The van der Waals surface area contributed by atoms with Gasteiger partial charge in [-0.05, 0) is 29.3 Å². The molecule has 18 heavy (non-hydrogen) atoms. The maximum absolute atomic E-state index is 12.9. The first-order valence-electron chi connectivity index (χ1n) is 5.29. The van der Waals surface area contributed by atoms with Gasteiger partial charge in [-0.1, -0.05) is 24.3 Å². The third-order valence-corrected chi connectivity index (χ3v) is 2.62. The molecule has 2 rings (SSSR count). The van der Waals surface area contributed by atoms with E-state index < -0.39 is 5.97 Å². The summed E-state index contributed by atoms with van der Waals surface area (Å²) in [6, 6.07) is 10.6. The van der Waals surface area contributed by atoms with E-state index in [0.29, 0.717) is 11.1 Å². The largest absolute Gasteiger partial charge is 0.496 e. The van der Waals surface area contributed by atoms with Crippen LogP contribution in [0, 0.1) is 5.82 Å². The molecule has 0 bridgehead atoms. The summed E-state index contributed by atoms with van der Waals surface area (Å²) in [6.45, 7) is 0. The summed E-state index contributed by atoms with van der Waals surface area (Å²) in [7, 11) is 1.41. The summed E-state index contributed by atoms with van der Waals surface area (Å²) in [5.41, 5.74) is 1.21. The molecule has 0 unspecified atom stereocenters. The number of rotatable bonds is 3. The fourth-order valence-electron chi connectivity index (χ4n) is 1.79. The molecule has 0 fully saturated rings. The van der Waals surface area contributed by atoms with Crippen molar-refractivity contribution in [2.45, 2.75) is 0 Å². The van der Waals surface area contributed by atoms with Gasteiger partial charge in [-0.2, -0.15) is 0 Å². The maximum Gasteiger partial charge on any atom is 0.340 e. The van der Waals surface area contributed by atoms with Gasteiger partial charge in [-0.3, -0.25) is 0 Å². The zero-order valence-corrected chi connectivity index (χ0v) is 9.68. The second-order valence-electron chi connectivity index (χ2n) is 3.69. The van der Waals surface area contributed by atoms with Crippen LogP contribution in [0.5, 0.6) is 5.75 Å². The van der Waals surface area contributed by atoms with E-state index in [-0.39, 0.29) is 17.1 Å². The van der Waals surface area contributed by atoms with Crippen molar-refractivity contribution in [1.82, 2.24) is 0 Å². The van der Waals surface area contributed by atoms with Crippen LogP contribution in [0.15, 0.2) is 42.5 Å². The monoisotopic (exact) mass is 246 g/mol. The van der Waals surface area contributed by atoms with Crippen molar-refractivity contribution in [3.63, 3.8) is 0 Å². The van der Waals surface area contributed by atoms with Gasteiger partial charge in [0.15, 0.2) is 0 Å². The molecule has 0 aliphatic heterocycles. The highest BCUT2D eigenvalue weighted by molar-refractivity contribution is 5.99. The molecular formula is C14H11FO3. The predicted octanol–water partition coefficient (Wildman–Crippen LogP) is 3.20. The number of benzene rings is 2. The number of hydrogen-bond acceptors (Lipinski definition) is 2. The van der Waals surface area contributed by atoms with E-state index in [9.17, 15) is 14.3 Å². The van der Waals surface area contributed by atoms with E-state index in [1.165, 1.54) is 31.4 Å². The zero-order valence-electron chi connectivity index (χ0n) is 9.68. The number of methoxy groups -OCH3 is 1. The first-order chi connectivity index (χ1) is 8.63. The van der Waals surface area contributed by atoms with Crippen molar-refractivity contribution in [1.29, 1.82) is 0 Å². The Bertz CT molecular complexity index is 576. The number of ether oxygens (including phenoxy) is 1. The quantitative estimate of drug-likeness (QED) is 0.904. The number of halogens is 1. The van der Waals surface area contributed by atoms with Crippen molar-refractivity contribution < 1.29 is 19.0 Å². The lowest BCUT2D eigenvalue weighted by Gasteiger charge is -2.10. The molecule has 0 heterocycles. The summed E-state index contributed by atoms with van der Waals surface area (Å²) >= 11 is 0. The molecule has 92 valence electrons. The zero-order chi connectivity index (χ0) is 13.1. The SMILES string of the molecule is COc1cccc(-c2ccc(F)cc2)c1C(=O)O. The van der Waals surface area contributed by atoms with Gasteiger partial charge in [0, 0.05) is 0 Å². The second kappa shape index (κ2) is 4.87. The topological polar surface area (TPSA) is 46.5 Å². The molecule has 2 aromatic rings. The van der Waals surface area contributed by atoms with Gasteiger partial charge in [0.25, 0.3) is 0 Å². The molecule has 2 aromatic carbocycles. The molecule has 0 spiro atoms. The van der Waals surface area contributed by atoms with E-state index in [1.54, 1.807) is 18.2 Å². The Hall–Kier alpha value is -2.36. The molecule has 0 aliphatic rings. The van der Waals surface area contributed by atoms with Crippen molar-refractivity contribution in [2.75, 3.05) is 7.11 Å². The smallest absolute Gasteiger partial charge is 0.340 e. The normalized spacial score (nSPS) is 10.1. The Balaban J connectivity index is 2.63. The minimum atomic E-state index is -1.08. The van der Waals surface area contributed by atoms with Gasteiger partial charge in [-0.15, -0.1) is 0 Å². The Kier molecular flexibility index (Phi) is 3.28. The molecule has 0 saturated heterocycles. The van der Waals surface area contributed by atoms with Crippen LogP contribution in [0.2, 0.25) is 0 Å². The summed E-state index contributed by atoms with van der Waals surface area (Å²) in [5, 5.41) is 9.24. The van der Waals surface area contributed by atoms with Gasteiger partial charge in [0.1, 0.15) is 17.1 Å². The van der Waals surface area contributed by atoms with Crippen LogP contribution in [0.4, 0.5) is 4.39 Å². The third kappa shape index (κ3) is 2.18. The van der Waals surface area contributed by atoms with E-state index in [0.717, 1.165) is 0 Å². The van der Waals surface area contributed by atoms with Gasteiger partial charge < -0.3 is 9.84 Å². The molecule has 0 aromatic heterocycles. The standard InChI is InChI=1S/C14H11FO3/c1-18-12-4-2-3-11(13(12)14(16)17)9-5-7-10(15)8-6-9/h2-8H,1H3,(H,16,17). The van der Waals surface area contributed by atoms with Crippen LogP contribution >= 0.6 is 0 Å². The number of hydrogen-bond donors (Lipinski definition) is 1. The van der Waals surface area contributed by atoms with E-state index in [1.807, 2.05) is 0 Å². The predicted molar refractivity (Wildman–Crippen MR) is 65.3 cm³/mol. The van der Waals surface area contributed by atoms with Gasteiger partial charge >= 0.3 is 5.97 Å². The highest BCUT2D eigenvalue weighted by atomic mass is 19.1. The lowest BCUT2D eigenvalue weighted by molar-refractivity contribution is 0.0694. The Morgan fingerprint density at radius 1 is 1.17 bits per heavy atom. The third-order valence-electron chi connectivity index (χ3n) is 2.62. The summed E-state index contributed by atoms with van der Waals surface area (Å²) in [6.07, 6.45) is 0. The molecule has 0 aliphatic carbocycles. The molecular weight excluding hydrogens is 235 g/mol. The summed E-state index contributed by atoms with van der Waals surface area (Å²) in [5.74, 6) is -1.16. The van der Waals surface area contributed by atoms with Crippen LogP contribution < -0.4 is 4.74 Å². The minimum Gasteiger partial charge on any atom is -0.496 e. The van der Waals surface area contributed by atoms with E-state index in [4.69, 9.17) is 4.74 Å². The highest BCUT2D eigenvalue weighted by Gasteiger charge is 2.17. The van der Waals surface area contributed by atoms with E-state index in [2.05, 4.69) is 0 Å². The molecule has 0 radical (unpaired) electrons. The Morgan fingerprint density at radius 3 is 2.39 bits per heavy atom. The average molecular weight is 246 g/mol. The first-order valence-corrected chi connectivity index (χ1v) is 5.29. The maximum atomic E-state index is 12.9. The van der Waals surface area contributed by atoms with Crippen molar-refractivity contribution in [3.05, 3.63) is 53.8 Å². The lowest BCUT2D eigenvalue weighted by atomic mass is 9.99. The summed E-state index contributed by atoms with van der Waals surface area (Å²) < 4.78 is 17.9. The highest BCUT2D eigenvalue weighted by Crippen LogP contribution is 2.30. The summed E-state index contributed by atoms with van der Waals surface area (Å²) in [4.78, 5) is 11.3.